The van der Waals surface area contributed by atoms with Gasteiger partial charge in [-0.25, -0.2) is 5.26 Å². The Bertz CT molecular complexity index is 1080. The highest BCUT2D eigenvalue weighted by atomic mass is 19.4. The number of halogens is 12. The van der Waals surface area contributed by atoms with Crippen LogP contribution in [-0.2, 0) is 24.2 Å². The fourth-order valence-corrected chi connectivity index (χ4v) is 5.30. The molecule has 1 saturated carbocycles. The number of amides is 4. The molecule has 1 aliphatic carbocycles. The zero-order valence-electron chi connectivity index (χ0n) is 23.5. The van der Waals surface area contributed by atoms with Crippen molar-refractivity contribution in [1.82, 2.24) is 25.1 Å². The molecular weight excluding hydrogens is 670 g/mol. The van der Waals surface area contributed by atoms with E-state index in [0.29, 0.717) is 0 Å². The molecule has 0 aromatic carbocycles. The summed E-state index contributed by atoms with van der Waals surface area (Å²) in [6.07, 6.45) is -22.8. The molecule has 23 heteroatoms. The Kier molecular flexibility index (Phi) is 12.9. The summed E-state index contributed by atoms with van der Waals surface area (Å²) in [5, 5.41) is 8.55. The van der Waals surface area contributed by atoms with Gasteiger partial charge in [0.25, 0.3) is 0 Å². The van der Waals surface area contributed by atoms with E-state index in [9.17, 15) is 71.9 Å². The maximum Gasteiger partial charge on any atom is 0.471 e. The zero-order chi connectivity index (χ0) is 35.3. The van der Waals surface area contributed by atoms with Crippen LogP contribution in [0.25, 0.3) is 0 Å². The van der Waals surface area contributed by atoms with E-state index in [1.54, 1.807) is 0 Å². The SMILES string of the molecule is O=C(N1CCN(C(=O)C(F)(F)F)CCN(C(=O)C(F)(F)F)C(CC2CCC(NOO)CC2)CN(C(=O)C(F)(F)F)CC1)C(F)(F)F. The number of carbonyl (C=O) groups excluding carboxylic acids is 4. The van der Waals surface area contributed by atoms with Gasteiger partial charge in [-0.15, -0.1) is 4.99 Å². The predicted molar refractivity (Wildman–Crippen MR) is 127 cm³/mol. The van der Waals surface area contributed by atoms with Crippen molar-refractivity contribution in [3.05, 3.63) is 0 Å². The van der Waals surface area contributed by atoms with Gasteiger partial charge in [0.15, 0.2) is 0 Å². The third-order valence-electron chi connectivity index (χ3n) is 7.53. The number of carbonyl (C=O) groups is 4. The van der Waals surface area contributed by atoms with Gasteiger partial charge in [-0.1, -0.05) is 0 Å². The molecule has 2 rings (SSSR count). The average molecular weight is 699 g/mol. The number of rotatable bonds is 4. The summed E-state index contributed by atoms with van der Waals surface area (Å²) >= 11 is 0. The zero-order valence-corrected chi connectivity index (χ0v) is 23.5. The van der Waals surface area contributed by atoms with Gasteiger partial charge < -0.3 is 19.6 Å². The molecule has 2 aliphatic rings. The van der Waals surface area contributed by atoms with Gasteiger partial charge in [0, 0.05) is 57.9 Å². The molecule has 266 valence electrons. The Morgan fingerprint density at radius 2 is 0.957 bits per heavy atom. The molecule has 1 heterocycles. The molecule has 2 N–H and O–H groups in total. The molecule has 4 amide bonds. The minimum absolute atomic E-state index is 0.102. The van der Waals surface area contributed by atoms with Crippen molar-refractivity contribution < 1.29 is 82.1 Å². The van der Waals surface area contributed by atoms with Gasteiger partial charge in [0.05, 0.1) is 0 Å². The molecule has 0 spiro atoms. The maximum absolute atomic E-state index is 13.7. The lowest BCUT2D eigenvalue weighted by atomic mass is 9.82. The van der Waals surface area contributed by atoms with Crippen molar-refractivity contribution in [2.24, 2.45) is 5.92 Å². The van der Waals surface area contributed by atoms with Crippen LogP contribution in [0.5, 0.6) is 0 Å². The van der Waals surface area contributed by atoms with Crippen LogP contribution < -0.4 is 5.48 Å². The number of hydroxylamine groups is 1. The highest BCUT2D eigenvalue weighted by Gasteiger charge is 2.50. The fraction of sp³-hybridized carbons (Fsp3) is 0.826. The van der Waals surface area contributed by atoms with Crippen LogP contribution in [0.2, 0.25) is 0 Å². The number of nitrogens with zero attached hydrogens (tertiary/aromatic N) is 4. The second kappa shape index (κ2) is 15.2. The topological polar surface area (TPSA) is 123 Å². The van der Waals surface area contributed by atoms with E-state index in [4.69, 9.17) is 5.26 Å². The summed E-state index contributed by atoms with van der Waals surface area (Å²) in [7, 11) is 0. The number of hydrogen-bond donors (Lipinski definition) is 2. The quantitative estimate of drug-likeness (QED) is 0.263. The largest absolute Gasteiger partial charge is 0.471 e. The van der Waals surface area contributed by atoms with E-state index in [1.807, 2.05) is 0 Å². The van der Waals surface area contributed by atoms with Crippen LogP contribution in [0.3, 0.4) is 0 Å². The molecule has 1 atom stereocenters. The molecular formula is C23H29F12N5O6. The summed E-state index contributed by atoms with van der Waals surface area (Å²) in [4.78, 5) is 52.0. The number of nitrogens with one attached hydrogen (secondary N) is 1. The summed E-state index contributed by atoms with van der Waals surface area (Å²) in [6, 6.07) is -2.47. The second-order valence-corrected chi connectivity index (χ2v) is 10.6. The van der Waals surface area contributed by atoms with Crippen LogP contribution in [-0.4, -0.2) is 131 Å². The summed E-state index contributed by atoms with van der Waals surface area (Å²) in [5.74, 6) is -11.6. The minimum Gasteiger partial charge on any atom is -0.331 e. The van der Waals surface area contributed by atoms with Crippen molar-refractivity contribution >= 4 is 23.6 Å². The number of alkyl halides is 12. The van der Waals surface area contributed by atoms with Crippen molar-refractivity contribution in [2.45, 2.75) is 68.9 Å². The van der Waals surface area contributed by atoms with Gasteiger partial charge in [-0.2, -0.15) is 58.2 Å². The van der Waals surface area contributed by atoms with Crippen molar-refractivity contribution in [2.75, 3.05) is 45.8 Å². The van der Waals surface area contributed by atoms with Gasteiger partial charge in [-0.3, -0.25) is 19.2 Å². The van der Waals surface area contributed by atoms with Crippen LogP contribution in [0.4, 0.5) is 52.7 Å². The van der Waals surface area contributed by atoms with Gasteiger partial charge in [-0.05, 0) is 38.0 Å². The lowest BCUT2D eigenvalue weighted by Crippen LogP contribution is -2.59. The third-order valence-corrected chi connectivity index (χ3v) is 7.53. The first-order valence-corrected chi connectivity index (χ1v) is 13.5. The Hall–Kier alpha value is -3.08. The van der Waals surface area contributed by atoms with E-state index in [2.05, 4.69) is 10.5 Å². The molecule has 0 aromatic rings. The second-order valence-electron chi connectivity index (χ2n) is 10.6. The first-order chi connectivity index (χ1) is 21.0. The number of hydrogen-bond acceptors (Lipinski definition) is 7. The van der Waals surface area contributed by atoms with Crippen LogP contribution in [0.15, 0.2) is 0 Å². The smallest absolute Gasteiger partial charge is 0.331 e. The Labute approximate surface area is 252 Å². The highest BCUT2D eigenvalue weighted by Crippen LogP contribution is 2.32. The third kappa shape index (κ3) is 11.0. The molecule has 1 aliphatic heterocycles. The molecule has 1 saturated heterocycles. The first-order valence-electron chi connectivity index (χ1n) is 13.5. The molecule has 2 fully saturated rings. The monoisotopic (exact) mass is 699 g/mol. The molecule has 11 nitrogen and oxygen atoms in total. The Morgan fingerprint density at radius 3 is 1.35 bits per heavy atom. The van der Waals surface area contributed by atoms with Gasteiger partial charge in [0.2, 0.25) is 0 Å². The van der Waals surface area contributed by atoms with Crippen LogP contribution >= 0.6 is 0 Å². The van der Waals surface area contributed by atoms with E-state index < -0.39 is 119 Å². The summed E-state index contributed by atoms with van der Waals surface area (Å²) in [5.41, 5.74) is 2.21. The average Bonchev–Trinajstić information content (AvgIpc) is 2.92. The van der Waals surface area contributed by atoms with Crippen molar-refractivity contribution in [1.29, 1.82) is 0 Å². The molecule has 0 bridgehead atoms. The standard InChI is InChI=1S/C23H29F12N5O6/c24-20(25,26)16(41)37-5-6-38(17(42)21(27,28)29)9-10-40(19(44)23(33,34)35)15(11-13-1-3-14(4-2-13)36-46-45)12-39(8-7-37)18(43)22(30,31)32/h13-15,36,45H,1-12H2. The fourth-order valence-electron chi connectivity index (χ4n) is 5.30. The summed E-state index contributed by atoms with van der Waals surface area (Å²) < 4.78 is 161. The van der Waals surface area contributed by atoms with Gasteiger partial charge in [0.1, 0.15) is 0 Å². The van der Waals surface area contributed by atoms with E-state index in [-0.39, 0.29) is 45.3 Å². The first kappa shape index (κ1) is 39.1. The van der Waals surface area contributed by atoms with E-state index in [1.165, 1.54) is 0 Å². The Morgan fingerprint density at radius 1 is 0.587 bits per heavy atom. The molecule has 0 aromatic heterocycles. The van der Waals surface area contributed by atoms with Crippen molar-refractivity contribution in [3.8, 4) is 0 Å². The van der Waals surface area contributed by atoms with E-state index >= 15 is 0 Å². The van der Waals surface area contributed by atoms with Gasteiger partial charge >= 0.3 is 48.3 Å². The molecule has 0 radical (unpaired) electrons. The molecule has 1 unspecified atom stereocenters. The van der Waals surface area contributed by atoms with Crippen LogP contribution in [0, 0.1) is 5.92 Å². The normalized spacial score (nSPS) is 23.5. The Balaban J connectivity index is 2.63. The van der Waals surface area contributed by atoms with Crippen LogP contribution in [0.1, 0.15) is 32.1 Å². The summed E-state index contributed by atoms with van der Waals surface area (Å²) in [6.45, 7) is -9.67. The maximum atomic E-state index is 13.7. The minimum atomic E-state index is -5.73. The van der Waals surface area contributed by atoms with Crippen molar-refractivity contribution in [3.63, 3.8) is 0 Å². The predicted octanol–water partition coefficient (Wildman–Crippen LogP) is 2.88. The molecule has 46 heavy (non-hydrogen) atoms. The highest BCUT2D eigenvalue weighted by molar-refractivity contribution is 5.85. The lowest BCUT2D eigenvalue weighted by molar-refractivity contribution is -0.301. The lowest BCUT2D eigenvalue weighted by Gasteiger charge is -2.41. The van der Waals surface area contributed by atoms with E-state index in [0.717, 1.165) is 0 Å².